The quantitative estimate of drug-likeness (QED) is 0.223. The van der Waals surface area contributed by atoms with Gasteiger partial charge >= 0.3 is 6.18 Å². The summed E-state index contributed by atoms with van der Waals surface area (Å²) in [6.07, 6.45) is -3.56. The van der Waals surface area contributed by atoms with E-state index in [-0.39, 0.29) is 29.6 Å². The van der Waals surface area contributed by atoms with Crippen LogP contribution < -0.4 is 0 Å². The Morgan fingerprint density at radius 2 is 1.88 bits per heavy atom. The molecule has 0 amide bonds. The fourth-order valence-electron chi connectivity index (χ4n) is 4.05. The molecule has 0 saturated heterocycles. The first-order chi connectivity index (χ1) is 15.7. The van der Waals surface area contributed by atoms with Crippen LogP contribution in [0.15, 0.2) is 65.5 Å². The molecular formula is C25H20F4N2OS. The number of hydrogen-bond donors (Lipinski definition) is 1. The molecule has 0 aliphatic heterocycles. The highest BCUT2D eigenvalue weighted by atomic mass is 32.1. The normalized spacial score (nSPS) is 13.7. The zero-order valence-electron chi connectivity index (χ0n) is 17.4. The number of benzene rings is 2. The molecule has 33 heavy (non-hydrogen) atoms. The summed E-state index contributed by atoms with van der Waals surface area (Å²) >= 11 is 1.47. The van der Waals surface area contributed by atoms with Crippen LogP contribution in [0.1, 0.15) is 29.5 Å². The molecule has 0 bridgehead atoms. The van der Waals surface area contributed by atoms with Crippen LogP contribution in [0, 0.1) is 12.4 Å². The van der Waals surface area contributed by atoms with Crippen LogP contribution in [0.3, 0.4) is 0 Å². The van der Waals surface area contributed by atoms with Crippen molar-refractivity contribution in [3.63, 3.8) is 0 Å². The molecule has 4 aromatic rings. The van der Waals surface area contributed by atoms with E-state index in [4.69, 9.17) is 6.57 Å². The zero-order valence-corrected chi connectivity index (χ0v) is 18.3. The largest absolute Gasteiger partial charge is 0.421 e. The molecule has 2 aromatic heterocycles. The summed E-state index contributed by atoms with van der Waals surface area (Å²) in [7, 11) is 0. The number of nitrogens with zero attached hydrogens (tertiary/aromatic N) is 2. The lowest BCUT2D eigenvalue weighted by atomic mass is 9.87. The SMILES string of the molecule is [C-]#[N+]c1ccc2c(C(O)(CCCc3ccsc3)C(F)(F)F)cn(Cc3cccc(F)c3)c2c1. The molecule has 0 aliphatic rings. The number of halogens is 4. The van der Waals surface area contributed by atoms with E-state index in [1.54, 1.807) is 6.07 Å². The van der Waals surface area contributed by atoms with Gasteiger partial charge < -0.3 is 9.67 Å². The van der Waals surface area contributed by atoms with Gasteiger partial charge in [0.25, 0.3) is 0 Å². The number of fused-ring (bicyclic) bond motifs is 1. The fourth-order valence-corrected chi connectivity index (χ4v) is 4.76. The number of alkyl halides is 3. The first-order valence-electron chi connectivity index (χ1n) is 10.3. The average molecular weight is 473 g/mol. The minimum absolute atomic E-state index is 0.0958. The molecule has 0 aliphatic carbocycles. The van der Waals surface area contributed by atoms with E-state index < -0.39 is 24.0 Å². The van der Waals surface area contributed by atoms with Gasteiger partial charge in [-0.3, -0.25) is 0 Å². The molecule has 170 valence electrons. The second-order valence-electron chi connectivity index (χ2n) is 7.96. The van der Waals surface area contributed by atoms with Crippen LogP contribution in [0.25, 0.3) is 15.7 Å². The van der Waals surface area contributed by atoms with Crippen molar-refractivity contribution < 1.29 is 22.7 Å². The summed E-state index contributed by atoms with van der Waals surface area (Å²) in [5, 5.41) is 15.0. The second kappa shape index (κ2) is 9.00. The Hall–Kier alpha value is -3.15. The molecule has 0 spiro atoms. The van der Waals surface area contributed by atoms with Gasteiger partial charge in [-0.2, -0.15) is 24.5 Å². The molecule has 0 saturated carbocycles. The Labute approximate surface area is 192 Å². The van der Waals surface area contributed by atoms with Gasteiger partial charge in [-0.05, 0) is 65.4 Å². The van der Waals surface area contributed by atoms with Crippen molar-refractivity contribution in [3.05, 3.63) is 99.4 Å². The third kappa shape index (κ3) is 4.65. The minimum atomic E-state index is -4.90. The predicted octanol–water partition coefficient (Wildman–Crippen LogP) is 7.21. The van der Waals surface area contributed by atoms with Crippen LogP contribution in [0.5, 0.6) is 0 Å². The van der Waals surface area contributed by atoms with Crippen LogP contribution in [-0.4, -0.2) is 15.8 Å². The number of aromatic nitrogens is 1. The number of aliphatic hydroxyl groups is 1. The highest BCUT2D eigenvalue weighted by Gasteiger charge is 2.55. The molecular weight excluding hydrogens is 452 g/mol. The maximum atomic E-state index is 14.3. The Morgan fingerprint density at radius 1 is 1.06 bits per heavy atom. The number of hydrogen-bond acceptors (Lipinski definition) is 2. The molecule has 8 heteroatoms. The molecule has 0 radical (unpaired) electrons. The summed E-state index contributed by atoms with van der Waals surface area (Å²) in [4.78, 5) is 3.37. The lowest BCUT2D eigenvalue weighted by Crippen LogP contribution is -2.42. The molecule has 3 nitrogen and oxygen atoms in total. The molecule has 1 atom stereocenters. The molecule has 4 rings (SSSR count). The summed E-state index contributed by atoms with van der Waals surface area (Å²) in [5.41, 5.74) is -1.19. The number of aryl methyl sites for hydroxylation is 1. The summed E-state index contributed by atoms with van der Waals surface area (Å²) in [5.74, 6) is -0.453. The number of thiophene rings is 1. The molecule has 0 fully saturated rings. The fraction of sp³-hybridized carbons (Fsp3) is 0.240. The lowest BCUT2D eigenvalue weighted by molar-refractivity contribution is -0.269. The van der Waals surface area contributed by atoms with E-state index in [1.807, 2.05) is 16.8 Å². The Balaban J connectivity index is 1.78. The first kappa shape index (κ1) is 23.0. The third-order valence-electron chi connectivity index (χ3n) is 5.74. The van der Waals surface area contributed by atoms with Crippen molar-refractivity contribution in [3.8, 4) is 0 Å². The predicted molar refractivity (Wildman–Crippen MR) is 121 cm³/mol. The van der Waals surface area contributed by atoms with Crippen molar-refractivity contribution >= 4 is 27.9 Å². The zero-order chi connectivity index (χ0) is 23.6. The maximum Gasteiger partial charge on any atom is 0.421 e. The van der Waals surface area contributed by atoms with E-state index in [1.165, 1.54) is 58.5 Å². The second-order valence-corrected chi connectivity index (χ2v) is 8.74. The minimum Gasteiger partial charge on any atom is -0.376 e. The Kier molecular flexibility index (Phi) is 6.28. The van der Waals surface area contributed by atoms with Gasteiger partial charge in [0.2, 0.25) is 0 Å². The van der Waals surface area contributed by atoms with E-state index in [2.05, 4.69) is 4.85 Å². The average Bonchev–Trinajstić information content (AvgIpc) is 3.41. The van der Waals surface area contributed by atoms with Crippen LogP contribution in [0.2, 0.25) is 0 Å². The molecule has 1 unspecified atom stereocenters. The highest BCUT2D eigenvalue weighted by molar-refractivity contribution is 7.07. The van der Waals surface area contributed by atoms with Crippen molar-refractivity contribution in [1.82, 2.24) is 4.57 Å². The van der Waals surface area contributed by atoms with Gasteiger partial charge in [-0.25, -0.2) is 9.24 Å². The highest BCUT2D eigenvalue weighted by Crippen LogP contribution is 2.46. The van der Waals surface area contributed by atoms with E-state index in [0.717, 1.165) is 5.56 Å². The van der Waals surface area contributed by atoms with E-state index in [0.29, 0.717) is 17.5 Å². The van der Waals surface area contributed by atoms with Gasteiger partial charge in [0.1, 0.15) is 5.82 Å². The summed E-state index contributed by atoms with van der Waals surface area (Å²) < 4.78 is 58.0. The van der Waals surface area contributed by atoms with Gasteiger partial charge in [0, 0.05) is 29.2 Å². The molecule has 2 aromatic carbocycles. The van der Waals surface area contributed by atoms with Crippen molar-refractivity contribution in [2.75, 3.05) is 0 Å². The third-order valence-corrected chi connectivity index (χ3v) is 6.47. The van der Waals surface area contributed by atoms with Gasteiger partial charge in [-0.15, -0.1) is 0 Å². The summed E-state index contributed by atoms with van der Waals surface area (Å²) in [6, 6.07) is 12.0. The smallest absolute Gasteiger partial charge is 0.376 e. The molecule has 2 heterocycles. The monoisotopic (exact) mass is 472 g/mol. The molecule has 1 N–H and O–H groups in total. The Bertz CT molecular complexity index is 1300. The Morgan fingerprint density at radius 3 is 2.55 bits per heavy atom. The van der Waals surface area contributed by atoms with E-state index in [9.17, 15) is 22.7 Å². The van der Waals surface area contributed by atoms with Crippen LogP contribution >= 0.6 is 11.3 Å². The maximum absolute atomic E-state index is 14.3. The first-order valence-corrected chi connectivity index (χ1v) is 11.2. The standard InChI is InChI=1S/C25H20F4N2OS/c1-30-20-7-8-21-22(15-31(23(21)13-20)14-18-4-2-6-19(26)12-18)24(32,25(27,28)29)10-3-5-17-9-11-33-16-17/h2,4,6-9,11-13,15-16,32H,3,5,10,14H2. The number of rotatable bonds is 7. The van der Waals surface area contributed by atoms with Crippen LogP contribution in [0.4, 0.5) is 23.2 Å². The topological polar surface area (TPSA) is 29.5 Å². The van der Waals surface area contributed by atoms with Crippen molar-refractivity contribution in [2.24, 2.45) is 0 Å². The van der Waals surface area contributed by atoms with Gasteiger partial charge in [0.05, 0.1) is 6.57 Å². The van der Waals surface area contributed by atoms with Crippen molar-refractivity contribution in [2.45, 2.75) is 37.6 Å². The van der Waals surface area contributed by atoms with Gasteiger partial charge in [0.15, 0.2) is 11.3 Å². The summed E-state index contributed by atoms with van der Waals surface area (Å²) in [6.45, 7) is 7.36. The van der Waals surface area contributed by atoms with Crippen molar-refractivity contribution in [1.29, 1.82) is 0 Å². The van der Waals surface area contributed by atoms with Crippen LogP contribution in [-0.2, 0) is 18.6 Å². The lowest BCUT2D eigenvalue weighted by Gasteiger charge is -2.30. The van der Waals surface area contributed by atoms with Gasteiger partial charge in [-0.1, -0.05) is 24.3 Å². The van der Waals surface area contributed by atoms with E-state index >= 15 is 0 Å².